The quantitative estimate of drug-likeness (QED) is 0.275. The Hall–Kier alpha value is -3.66. The van der Waals surface area contributed by atoms with Gasteiger partial charge in [-0.3, -0.25) is 0 Å². The molecule has 0 unspecified atom stereocenters. The zero-order chi connectivity index (χ0) is 23.9. The maximum absolute atomic E-state index is 5.61. The second-order valence-corrected chi connectivity index (χ2v) is 8.38. The van der Waals surface area contributed by atoms with Crippen LogP contribution in [0.25, 0.3) is 10.8 Å². The highest BCUT2D eigenvalue weighted by atomic mass is 16.5. The number of methoxy groups -OCH3 is 4. The van der Waals surface area contributed by atoms with Crippen LogP contribution in [0.5, 0.6) is 23.0 Å². The first-order valence-corrected chi connectivity index (χ1v) is 11.6. The van der Waals surface area contributed by atoms with Gasteiger partial charge >= 0.3 is 0 Å². The average molecular weight is 457 g/mol. The molecule has 0 heterocycles. The molecule has 0 saturated heterocycles. The van der Waals surface area contributed by atoms with E-state index in [0.29, 0.717) is 0 Å². The van der Waals surface area contributed by atoms with Gasteiger partial charge in [0.25, 0.3) is 0 Å². The molecular weight excluding hydrogens is 424 g/mol. The molecule has 0 aliphatic rings. The van der Waals surface area contributed by atoms with Crippen molar-refractivity contribution in [2.75, 3.05) is 28.4 Å². The Morgan fingerprint density at radius 1 is 0.471 bits per heavy atom. The van der Waals surface area contributed by atoms with Gasteiger partial charge in [0, 0.05) is 6.07 Å². The number of hydrogen-bond donors (Lipinski definition) is 0. The lowest BCUT2D eigenvalue weighted by Crippen LogP contribution is -2.03. The summed E-state index contributed by atoms with van der Waals surface area (Å²) in [5.74, 6) is 3.13. The van der Waals surface area contributed by atoms with Crippen LogP contribution in [-0.4, -0.2) is 28.4 Å². The number of benzene rings is 4. The summed E-state index contributed by atoms with van der Waals surface area (Å²) >= 11 is 0. The van der Waals surface area contributed by atoms with Gasteiger partial charge in [-0.05, 0) is 83.0 Å². The molecule has 0 spiro atoms. The lowest BCUT2D eigenvalue weighted by atomic mass is 9.94. The van der Waals surface area contributed by atoms with Crippen molar-refractivity contribution in [3.05, 3.63) is 95.1 Å². The molecule has 0 aromatic heterocycles. The van der Waals surface area contributed by atoms with Crippen molar-refractivity contribution in [1.82, 2.24) is 0 Å². The van der Waals surface area contributed by atoms with Crippen LogP contribution in [0.3, 0.4) is 0 Å². The lowest BCUT2D eigenvalue weighted by molar-refractivity contribution is 0.354. The molecule has 0 aliphatic carbocycles. The Bertz CT molecular complexity index is 1240. The molecule has 4 aromatic carbocycles. The number of fused-ring (bicyclic) bond motifs is 1. The van der Waals surface area contributed by atoms with Crippen molar-refractivity contribution in [1.29, 1.82) is 0 Å². The van der Waals surface area contributed by atoms with E-state index in [4.69, 9.17) is 18.9 Å². The third-order valence-corrected chi connectivity index (χ3v) is 6.30. The molecule has 4 nitrogen and oxygen atoms in total. The minimum atomic E-state index is 0.759. The van der Waals surface area contributed by atoms with E-state index < -0.39 is 0 Å². The van der Waals surface area contributed by atoms with Crippen LogP contribution in [0.2, 0.25) is 0 Å². The standard InChI is InChI=1S/C30H32O4/c1-31-27-16-22(17-28(20-27)32-2)11-14-26-19-30(34-4)29(33-3)18-25(26)13-10-21-9-12-23-7-5-6-8-24(23)15-21/h5-9,12,15-20H,10-11,13-14H2,1-4H3. The predicted molar refractivity (Wildman–Crippen MR) is 138 cm³/mol. The lowest BCUT2D eigenvalue weighted by Gasteiger charge is -2.16. The Labute approximate surface area is 202 Å². The Morgan fingerprint density at radius 2 is 1.03 bits per heavy atom. The van der Waals surface area contributed by atoms with Gasteiger partial charge in [-0.25, -0.2) is 0 Å². The van der Waals surface area contributed by atoms with Gasteiger partial charge in [0.05, 0.1) is 28.4 Å². The molecule has 34 heavy (non-hydrogen) atoms. The smallest absolute Gasteiger partial charge is 0.161 e. The van der Waals surface area contributed by atoms with Gasteiger partial charge in [-0.1, -0.05) is 42.5 Å². The van der Waals surface area contributed by atoms with E-state index in [0.717, 1.165) is 48.7 Å². The average Bonchev–Trinajstić information content (AvgIpc) is 2.90. The van der Waals surface area contributed by atoms with Gasteiger partial charge in [0.2, 0.25) is 0 Å². The Kier molecular flexibility index (Phi) is 7.58. The van der Waals surface area contributed by atoms with Crippen LogP contribution in [0.1, 0.15) is 22.3 Å². The monoisotopic (exact) mass is 456 g/mol. The first kappa shape index (κ1) is 23.5. The summed E-state index contributed by atoms with van der Waals surface area (Å²) in [6.07, 6.45) is 3.63. The zero-order valence-electron chi connectivity index (χ0n) is 20.4. The fraction of sp³-hybridized carbons (Fsp3) is 0.267. The summed E-state index contributed by atoms with van der Waals surface area (Å²) in [6.45, 7) is 0. The SMILES string of the molecule is COc1cc(CCc2cc(OC)c(OC)cc2CCc2ccc3ccccc3c2)cc(OC)c1. The van der Waals surface area contributed by atoms with Crippen LogP contribution in [0, 0.1) is 0 Å². The summed E-state index contributed by atoms with van der Waals surface area (Å²) in [5.41, 5.74) is 5.05. The number of rotatable bonds is 10. The summed E-state index contributed by atoms with van der Waals surface area (Å²) in [7, 11) is 6.73. The van der Waals surface area contributed by atoms with E-state index in [9.17, 15) is 0 Å². The normalized spacial score (nSPS) is 10.8. The molecule has 0 fully saturated rings. The minimum Gasteiger partial charge on any atom is -0.497 e. The van der Waals surface area contributed by atoms with Gasteiger partial charge in [-0.2, -0.15) is 0 Å². The second kappa shape index (κ2) is 11.0. The van der Waals surface area contributed by atoms with Crippen molar-refractivity contribution in [2.24, 2.45) is 0 Å². The Balaban J connectivity index is 1.58. The number of ether oxygens (including phenoxy) is 4. The zero-order valence-corrected chi connectivity index (χ0v) is 20.4. The topological polar surface area (TPSA) is 36.9 Å². The summed E-state index contributed by atoms with van der Waals surface area (Å²) in [5, 5.41) is 2.55. The third kappa shape index (κ3) is 5.45. The van der Waals surface area contributed by atoms with Crippen molar-refractivity contribution < 1.29 is 18.9 Å². The van der Waals surface area contributed by atoms with Crippen molar-refractivity contribution in [3.8, 4) is 23.0 Å². The molecule has 0 saturated carbocycles. The van der Waals surface area contributed by atoms with Gasteiger partial charge in [0.1, 0.15) is 11.5 Å². The molecule has 0 atom stereocenters. The molecule has 0 radical (unpaired) electrons. The van der Waals surface area contributed by atoms with E-state index in [1.54, 1.807) is 28.4 Å². The maximum Gasteiger partial charge on any atom is 0.161 e. The van der Waals surface area contributed by atoms with E-state index in [1.807, 2.05) is 6.07 Å². The van der Waals surface area contributed by atoms with Crippen molar-refractivity contribution in [2.45, 2.75) is 25.7 Å². The first-order valence-electron chi connectivity index (χ1n) is 11.6. The van der Waals surface area contributed by atoms with Crippen LogP contribution < -0.4 is 18.9 Å². The summed E-state index contributed by atoms with van der Waals surface area (Å²) in [6, 6.07) is 25.5. The van der Waals surface area contributed by atoms with Gasteiger partial charge < -0.3 is 18.9 Å². The second-order valence-electron chi connectivity index (χ2n) is 8.38. The Morgan fingerprint density at radius 3 is 1.59 bits per heavy atom. The summed E-state index contributed by atoms with van der Waals surface area (Å²) in [4.78, 5) is 0. The van der Waals surface area contributed by atoms with E-state index in [2.05, 4.69) is 66.7 Å². The number of aryl methyl sites for hydroxylation is 4. The molecule has 0 amide bonds. The van der Waals surface area contributed by atoms with E-state index >= 15 is 0 Å². The molecule has 0 N–H and O–H groups in total. The highest BCUT2D eigenvalue weighted by Gasteiger charge is 2.13. The highest BCUT2D eigenvalue weighted by Crippen LogP contribution is 2.33. The van der Waals surface area contributed by atoms with E-state index in [-0.39, 0.29) is 0 Å². The van der Waals surface area contributed by atoms with Crippen LogP contribution in [0.4, 0.5) is 0 Å². The molecule has 4 rings (SSSR count). The molecular formula is C30H32O4. The molecule has 4 aromatic rings. The highest BCUT2D eigenvalue weighted by molar-refractivity contribution is 5.83. The van der Waals surface area contributed by atoms with Crippen LogP contribution in [-0.2, 0) is 25.7 Å². The largest absolute Gasteiger partial charge is 0.497 e. The minimum absolute atomic E-state index is 0.759. The van der Waals surface area contributed by atoms with Crippen molar-refractivity contribution in [3.63, 3.8) is 0 Å². The van der Waals surface area contributed by atoms with Crippen LogP contribution in [0.15, 0.2) is 72.8 Å². The predicted octanol–water partition coefficient (Wildman–Crippen LogP) is 6.44. The maximum atomic E-state index is 5.61. The molecule has 176 valence electrons. The van der Waals surface area contributed by atoms with Gasteiger partial charge in [-0.15, -0.1) is 0 Å². The van der Waals surface area contributed by atoms with Crippen LogP contribution >= 0.6 is 0 Å². The summed E-state index contributed by atoms with van der Waals surface area (Å²) < 4.78 is 22.1. The third-order valence-electron chi connectivity index (χ3n) is 6.30. The van der Waals surface area contributed by atoms with Crippen molar-refractivity contribution >= 4 is 10.8 Å². The fourth-order valence-electron chi connectivity index (χ4n) is 4.39. The number of hydrogen-bond acceptors (Lipinski definition) is 4. The van der Waals surface area contributed by atoms with E-state index in [1.165, 1.54) is 33.0 Å². The first-order chi connectivity index (χ1) is 16.6. The molecule has 0 bridgehead atoms. The fourth-order valence-corrected chi connectivity index (χ4v) is 4.39. The molecule has 4 heteroatoms. The molecule has 0 aliphatic heterocycles. The van der Waals surface area contributed by atoms with Gasteiger partial charge in [0.15, 0.2) is 11.5 Å².